The van der Waals surface area contributed by atoms with Gasteiger partial charge in [0, 0.05) is 18.8 Å². The number of ether oxygens (including phenoxy) is 2. The van der Waals surface area contributed by atoms with Gasteiger partial charge in [-0.25, -0.2) is 13.2 Å². The van der Waals surface area contributed by atoms with Gasteiger partial charge in [0.25, 0.3) is 0 Å². The predicted molar refractivity (Wildman–Crippen MR) is 125 cm³/mol. The molecule has 0 saturated carbocycles. The van der Waals surface area contributed by atoms with Gasteiger partial charge in [0.15, 0.2) is 0 Å². The minimum absolute atomic E-state index is 0.0478. The fraction of sp³-hybridized carbons (Fsp3) is 0.417. The molecule has 0 aromatic heterocycles. The normalized spacial score (nSPS) is 16.1. The van der Waals surface area contributed by atoms with Crippen LogP contribution in [-0.4, -0.2) is 57.0 Å². The van der Waals surface area contributed by atoms with Crippen molar-refractivity contribution in [3.63, 3.8) is 0 Å². The summed E-state index contributed by atoms with van der Waals surface area (Å²) in [6.45, 7) is 5.93. The van der Waals surface area contributed by atoms with Gasteiger partial charge in [-0.1, -0.05) is 18.2 Å². The van der Waals surface area contributed by atoms with Crippen LogP contribution in [0.5, 0.6) is 0 Å². The molecule has 2 aromatic carbocycles. The van der Waals surface area contributed by atoms with Crippen LogP contribution in [-0.2, 0) is 24.3 Å². The summed E-state index contributed by atoms with van der Waals surface area (Å²) in [6.07, 6.45) is 1.26. The summed E-state index contributed by atoms with van der Waals surface area (Å²) in [6, 6.07) is 11.2. The maximum atomic E-state index is 13.5. The highest BCUT2D eigenvalue weighted by Crippen LogP contribution is 2.22. The third-order valence-electron chi connectivity index (χ3n) is 5.61. The van der Waals surface area contributed by atoms with Gasteiger partial charge in [-0.3, -0.25) is 4.79 Å². The number of carbonyl (C=O) groups excluding carboxylic acids is 2. The second kappa shape index (κ2) is 10.9. The number of rotatable bonds is 9. The topological polar surface area (TPSA) is 102 Å². The number of benzene rings is 2. The molecule has 0 aliphatic carbocycles. The molecule has 9 heteroatoms. The predicted octanol–water partition coefficient (Wildman–Crippen LogP) is 3.29. The molecule has 1 aliphatic rings. The van der Waals surface area contributed by atoms with Gasteiger partial charge < -0.3 is 14.8 Å². The standard InChI is InChI=1S/C24H30N2O6S/c1-4-31-24(28)19-9-6-11-21(14-19)33(29,30)26(15-20-10-7-13-32-20)16-23(27)25-22-12-5-8-17(2)18(22)3/h5-6,8-9,11-12,14,20H,4,7,10,13,15-16H2,1-3H3,(H,25,27). The Labute approximate surface area is 194 Å². The van der Waals surface area contributed by atoms with Crippen LogP contribution in [0.15, 0.2) is 47.4 Å². The zero-order valence-corrected chi connectivity index (χ0v) is 20.0. The molecule has 8 nitrogen and oxygen atoms in total. The quantitative estimate of drug-likeness (QED) is 0.560. The van der Waals surface area contributed by atoms with E-state index in [1.54, 1.807) is 13.0 Å². The minimum Gasteiger partial charge on any atom is -0.462 e. The molecule has 0 radical (unpaired) electrons. The van der Waals surface area contributed by atoms with E-state index in [0.717, 1.165) is 21.9 Å². The molecule has 3 rings (SSSR count). The number of aryl methyl sites for hydroxylation is 1. The number of carbonyl (C=O) groups is 2. The fourth-order valence-electron chi connectivity index (χ4n) is 3.65. The molecule has 1 N–H and O–H groups in total. The number of nitrogens with one attached hydrogen (secondary N) is 1. The molecule has 1 fully saturated rings. The molecule has 1 amide bonds. The van der Waals surface area contributed by atoms with Crippen molar-refractivity contribution in [2.75, 3.05) is 31.6 Å². The van der Waals surface area contributed by atoms with Crippen molar-refractivity contribution >= 4 is 27.6 Å². The Morgan fingerprint density at radius 2 is 1.94 bits per heavy atom. The lowest BCUT2D eigenvalue weighted by molar-refractivity contribution is -0.116. The molecule has 0 bridgehead atoms. The molecule has 2 aromatic rings. The Balaban J connectivity index is 1.86. The van der Waals surface area contributed by atoms with Gasteiger partial charge in [0.1, 0.15) is 0 Å². The molecule has 0 spiro atoms. The number of anilines is 1. The van der Waals surface area contributed by atoms with Crippen LogP contribution in [0.3, 0.4) is 0 Å². The monoisotopic (exact) mass is 474 g/mol. The van der Waals surface area contributed by atoms with Gasteiger partial charge in [-0.2, -0.15) is 4.31 Å². The Kier molecular flexibility index (Phi) is 8.23. The summed E-state index contributed by atoms with van der Waals surface area (Å²) in [7, 11) is -4.08. The lowest BCUT2D eigenvalue weighted by Gasteiger charge is -2.25. The van der Waals surface area contributed by atoms with Crippen molar-refractivity contribution in [1.29, 1.82) is 0 Å². The van der Waals surface area contributed by atoms with E-state index in [2.05, 4.69) is 5.32 Å². The highest BCUT2D eigenvalue weighted by molar-refractivity contribution is 7.89. The zero-order chi connectivity index (χ0) is 24.0. The van der Waals surface area contributed by atoms with Gasteiger partial charge in [-0.05, 0) is 69.0 Å². The molecular weight excluding hydrogens is 444 g/mol. The van der Waals surface area contributed by atoms with Crippen LogP contribution in [0.4, 0.5) is 5.69 Å². The summed E-state index contributed by atoms with van der Waals surface area (Å²) in [5, 5.41) is 2.82. The van der Waals surface area contributed by atoms with E-state index in [9.17, 15) is 18.0 Å². The third kappa shape index (κ3) is 6.19. The van der Waals surface area contributed by atoms with E-state index in [1.807, 2.05) is 26.0 Å². The van der Waals surface area contributed by atoms with Crippen LogP contribution >= 0.6 is 0 Å². The first-order valence-corrected chi connectivity index (χ1v) is 12.4. The Morgan fingerprint density at radius 3 is 2.64 bits per heavy atom. The maximum absolute atomic E-state index is 13.5. The zero-order valence-electron chi connectivity index (χ0n) is 19.2. The maximum Gasteiger partial charge on any atom is 0.338 e. The molecule has 1 heterocycles. The van der Waals surface area contributed by atoms with Crippen molar-refractivity contribution < 1.29 is 27.5 Å². The number of amides is 1. The summed E-state index contributed by atoms with van der Waals surface area (Å²) < 4.78 is 38.7. The summed E-state index contributed by atoms with van der Waals surface area (Å²) >= 11 is 0. The van der Waals surface area contributed by atoms with Gasteiger partial charge >= 0.3 is 5.97 Å². The highest BCUT2D eigenvalue weighted by atomic mass is 32.2. The molecule has 1 saturated heterocycles. The van der Waals surface area contributed by atoms with Crippen molar-refractivity contribution in [1.82, 2.24) is 4.31 Å². The van der Waals surface area contributed by atoms with Crippen molar-refractivity contribution in [3.8, 4) is 0 Å². The number of hydrogen-bond acceptors (Lipinski definition) is 6. The largest absolute Gasteiger partial charge is 0.462 e. The molecule has 1 unspecified atom stereocenters. The molecule has 1 atom stereocenters. The van der Waals surface area contributed by atoms with Crippen LogP contribution < -0.4 is 5.32 Å². The number of hydrogen-bond donors (Lipinski definition) is 1. The summed E-state index contributed by atoms with van der Waals surface area (Å²) in [4.78, 5) is 24.9. The first-order chi connectivity index (χ1) is 15.7. The van der Waals surface area contributed by atoms with Crippen molar-refractivity contribution in [2.45, 2.75) is 44.6 Å². The van der Waals surface area contributed by atoms with Crippen LogP contribution in [0, 0.1) is 13.8 Å². The average Bonchev–Trinajstić information content (AvgIpc) is 3.30. The van der Waals surface area contributed by atoms with Crippen molar-refractivity contribution in [2.24, 2.45) is 0 Å². The molecule has 178 valence electrons. The number of nitrogens with zero attached hydrogens (tertiary/aromatic N) is 1. The van der Waals surface area contributed by atoms with Crippen LogP contribution in [0.25, 0.3) is 0 Å². The van der Waals surface area contributed by atoms with Crippen LogP contribution in [0.1, 0.15) is 41.3 Å². The van der Waals surface area contributed by atoms with E-state index < -0.39 is 21.9 Å². The van der Waals surface area contributed by atoms with Crippen LogP contribution in [0.2, 0.25) is 0 Å². The fourth-order valence-corrected chi connectivity index (χ4v) is 5.12. The molecule has 33 heavy (non-hydrogen) atoms. The average molecular weight is 475 g/mol. The Hall–Kier alpha value is -2.75. The summed E-state index contributed by atoms with van der Waals surface area (Å²) in [5.74, 6) is -1.06. The second-order valence-electron chi connectivity index (χ2n) is 7.98. The first-order valence-electron chi connectivity index (χ1n) is 11.0. The van der Waals surface area contributed by atoms with Gasteiger partial charge in [0.2, 0.25) is 15.9 Å². The molecule has 1 aliphatic heterocycles. The van der Waals surface area contributed by atoms with E-state index in [0.29, 0.717) is 18.7 Å². The first kappa shape index (κ1) is 24.9. The Bertz CT molecular complexity index is 1110. The van der Waals surface area contributed by atoms with E-state index in [4.69, 9.17) is 9.47 Å². The second-order valence-corrected chi connectivity index (χ2v) is 9.91. The van der Waals surface area contributed by atoms with E-state index in [1.165, 1.54) is 24.3 Å². The minimum atomic E-state index is -4.08. The highest BCUT2D eigenvalue weighted by Gasteiger charge is 2.31. The SMILES string of the molecule is CCOC(=O)c1cccc(S(=O)(=O)N(CC(=O)Nc2cccc(C)c2C)CC2CCCO2)c1. The van der Waals surface area contributed by atoms with Gasteiger partial charge in [0.05, 0.1) is 29.7 Å². The number of esters is 1. The van der Waals surface area contributed by atoms with Crippen molar-refractivity contribution in [3.05, 3.63) is 59.2 Å². The third-order valence-corrected chi connectivity index (χ3v) is 7.42. The van der Waals surface area contributed by atoms with E-state index >= 15 is 0 Å². The number of sulfonamides is 1. The molecular formula is C24H30N2O6S. The smallest absolute Gasteiger partial charge is 0.338 e. The van der Waals surface area contributed by atoms with E-state index in [-0.39, 0.29) is 36.3 Å². The lowest BCUT2D eigenvalue weighted by atomic mass is 10.1. The summed E-state index contributed by atoms with van der Waals surface area (Å²) in [5.41, 5.74) is 2.71. The Morgan fingerprint density at radius 1 is 1.18 bits per heavy atom. The van der Waals surface area contributed by atoms with Gasteiger partial charge in [-0.15, -0.1) is 0 Å². The lowest BCUT2D eigenvalue weighted by Crippen LogP contribution is -2.42.